The maximum absolute atomic E-state index is 12.5. The second kappa shape index (κ2) is 7.52. The van der Waals surface area contributed by atoms with Crippen molar-refractivity contribution in [1.29, 1.82) is 0 Å². The number of anilines is 1. The number of nitro benzene ring substituents is 1. The van der Waals surface area contributed by atoms with Crippen molar-refractivity contribution in [2.75, 3.05) is 25.0 Å². The molecule has 1 aromatic rings. The Hall–Kier alpha value is -1.95. The largest absolute Gasteiger partial charge is 0.319 e. The van der Waals surface area contributed by atoms with Gasteiger partial charge in [0, 0.05) is 12.6 Å². The minimum Gasteiger partial charge on any atom is -0.319 e. The summed E-state index contributed by atoms with van der Waals surface area (Å²) in [6.45, 7) is 5.94. The molecule has 1 amide bonds. The van der Waals surface area contributed by atoms with Gasteiger partial charge >= 0.3 is 0 Å². The van der Waals surface area contributed by atoms with Crippen molar-refractivity contribution in [2.45, 2.75) is 46.0 Å². The van der Waals surface area contributed by atoms with Gasteiger partial charge in [0.1, 0.15) is 5.69 Å². The summed E-state index contributed by atoms with van der Waals surface area (Å²) in [6.07, 6.45) is 6.42. The van der Waals surface area contributed by atoms with E-state index in [1.54, 1.807) is 6.07 Å². The van der Waals surface area contributed by atoms with E-state index < -0.39 is 4.92 Å². The van der Waals surface area contributed by atoms with Crippen molar-refractivity contribution >= 4 is 17.3 Å². The molecule has 0 bridgehead atoms. The molecule has 25 heavy (non-hydrogen) atoms. The fourth-order valence-electron chi connectivity index (χ4n) is 4.31. The Morgan fingerprint density at radius 2 is 1.96 bits per heavy atom. The normalized spacial score (nSPS) is 23.8. The molecule has 1 saturated heterocycles. The zero-order valence-corrected chi connectivity index (χ0v) is 15.1. The molecule has 1 heterocycles. The molecular weight excluding hydrogens is 318 g/mol. The van der Waals surface area contributed by atoms with Gasteiger partial charge in [-0.25, -0.2) is 0 Å². The van der Waals surface area contributed by atoms with Crippen molar-refractivity contribution in [2.24, 2.45) is 11.8 Å². The van der Waals surface area contributed by atoms with Gasteiger partial charge in [-0.15, -0.1) is 0 Å². The Morgan fingerprint density at radius 3 is 2.68 bits per heavy atom. The molecular formula is C19H27N3O3. The van der Waals surface area contributed by atoms with E-state index >= 15 is 0 Å². The second-order valence-corrected chi connectivity index (χ2v) is 7.54. The van der Waals surface area contributed by atoms with Crippen LogP contribution in [0.2, 0.25) is 0 Å². The van der Waals surface area contributed by atoms with Crippen molar-refractivity contribution < 1.29 is 9.72 Å². The highest BCUT2D eigenvalue weighted by atomic mass is 16.6. The molecule has 1 N–H and O–H groups in total. The average Bonchev–Trinajstić information content (AvgIpc) is 2.58. The minimum atomic E-state index is -0.435. The van der Waals surface area contributed by atoms with Gasteiger partial charge in [-0.1, -0.05) is 25.3 Å². The third-order valence-electron chi connectivity index (χ3n) is 5.92. The molecule has 2 aliphatic rings. The predicted octanol–water partition coefficient (Wildman–Crippen LogP) is 3.66. The summed E-state index contributed by atoms with van der Waals surface area (Å²) in [5.41, 5.74) is 1.99. The van der Waals surface area contributed by atoms with Gasteiger partial charge < -0.3 is 5.32 Å². The summed E-state index contributed by atoms with van der Waals surface area (Å²) in [5, 5.41) is 14.1. The van der Waals surface area contributed by atoms with Crippen molar-refractivity contribution in [3.8, 4) is 0 Å². The van der Waals surface area contributed by atoms with Gasteiger partial charge in [0.25, 0.3) is 5.69 Å². The first-order valence-electron chi connectivity index (χ1n) is 9.22. The monoisotopic (exact) mass is 345 g/mol. The highest BCUT2D eigenvalue weighted by molar-refractivity contribution is 5.95. The molecule has 1 aliphatic carbocycles. The predicted molar refractivity (Wildman–Crippen MR) is 97.7 cm³/mol. The maximum atomic E-state index is 12.5. The topological polar surface area (TPSA) is 75.5 Å². The van der Waals surface area contributed by atoms with Crippen LogP contribution in [0.1, 0.15) is 43.2 Å². The van der Waals surface area contributed by atoms with Crippen LogP contribution < -0.4 is 5.32 Å². The molecule has 0 radical (unpaired) electrons. The van der Waals surface area contributed by atoms with E-state index in [0.29, 0.717) is 18.2 Å². The Kier molecular flexibility index (Phi) is 5.37. The SMILES string of the molecule is Cc1ccc([N+](=O)[O-])c(NC(=O)CN2CC[C@@H]3CCCC[C@@H]3C2)c1C. The van der Waals surface area contributed by atoms with E-state index in [1.165, 1.54) is 38.2 Å². The van der Waals surface area contributed by atoms with E-state index in [-0.39, 0.29) is 11.6 Å². The van der Waals surface area contributed by atoms with Crippen LogP contribution in [0.4, 0.5) is 11.4 Å². The number of benzene rings is 1. The summed E-state index contributed by atoms with van der Waals surface area (Å²) in [7, 11) is 0. The van der Waals surface area contributed by atoms with E-state index in [1.807, 2.05) is 13.8 Å². The summed E-state index contributed by atoms with van der Waals surface area (Å²) in [5.74, 6) is 1.38. The first-order valence-corrected chi connectivity index (χ1v) is 9.22. The summed E-state index contributed by atoms with van der Waals surface area (Å²) >= 11 is 0. The second-order valence-electron chi connectivity index (χ2n) is 7.54. The molecule has 2 atom stereocenters. The lowest BCUT2D eigenvalue weighted by Gasteiger charge is -2.41. The summed E-state index contributed by atoms with van der Waals surface area (Å²) in [6, 6.07) is 3.18. The molecule has 0 aromatic heterocycles. The van der Waals surface area contributed by atoms with Crippen LogP contribution >= 0.6 is 0 Å². The number of amides is 1. The minimum absolute atomic E-state index is 0.0394. The highest BCUT2D eigenvalue weighted by Crippen LogP contribution is 2.36. The van der Waals surface area contributed by atoms with Crippen LogP contribution in [0.3, 0.4) is 0 Å². The molecule has 1 aromatic carbocycles. The van der Waals surface area contributed by atoms with E-state index in [9.17, 15) is 14.9 Å². The first-order chi connectivity index (χ1) is 12.0. The molecule has 2 fully saturated rings. The van der Waals surface area contributed by atoms with Crippen LogP contribution in [0, 0.1) is 35.8 Å². The summed E-state index contributed by atoms with van der Waals surface area (Å²) < 4.78 is 0. The molecule has 1 saturated carbocycles. The number of rotatable bonds is 4. The number of carbonyl (C=O) groups excluding carboxylic acids is 1. The number of hydrogen-bond donors (Lipinski definition) is 1. The molecule has 6 heteroatoms. The number of fused-ring (bicyclic) bond motifs is 1. The van der Waals surface area contributed by atoms with Crippen LogP contribution in [-0.4, -0.2) is 35.4 Å². The molecule has 136 valence electrons. The Bertz CT molecular complexity index is 674. The number of nitrogens with zero attached hydrogens (tertiary/aromatic N) is 2. The van der Waals surface area contributed by atoms with Crippen LogP contribution in [0.15, 0.2) is 12.1 Å². The fraction of sp³-hybridized carbons (Fsp3) is 0.632. The van der Waals surface area contributed by atoms with Gasteiger partial charge in [0.2, 0.25) is 5.91 Å². The Labute approximate surface area is 148 Å². The maximum Gasteiger partial charge on any atom is 0.293 e. The number of carbonyl (C=O) groups is 1. The number of likely N-dealkylation sites (tertiary alicyclic amines) is 1. The quantitative estimate of drug-likeness (QED) is 0.667. The van der Waals surface area contributed by atoms with Crippen molar-refractivity contribution in [3.63, 3.8) is 0 Å². The average molecular weight is 345 g/mol. The lowest BCUT2D eigenvalue weighted by Crippen LogP contribution is -2.44. The van der Waals surface area contributed by atoms with E-state index in [4.69, 9.17) is 0 Å². The van der Waals surface area contributed by atoms with Gasteiger partial charge in [0.15, 0.2) is 0 Å². The van der Waals surface area contributed by atoms with Gasteiger partial charge in [-0.2, -0.15) is 0 Å². The van der Waals surface area contributed by atoms with Crippen molar-refractivity contribution in [1.82, 2.24) is 4.90 Å². The molecule has 0 spiro atoms. The fourth-order valence-corrected chi connectivity index (χ4v) is 4.31. The van der Waals surface area contributed by atoms with Crippen molar-refractivity contribution in [3.05, 3.63) is 33.4 Å². The highest BCUT2D eigenvalue weighted by Gasteiger charge is 2.32. The van der Waals surface area contributed by atoms with Gasteiger partial charge in [0.05, 0.1) is 11.5 Å². The Balaban J connectivity index is 1.65. The first kappa shape index (κ1) is 17.9. The zero-order valence-electron chi connectivity index (χ0n) is 15.1. The number of hydrogen-bond acceptors (Lipinski definition) is 4. The summed E-state index contributed by atoms with van der Waals surface area (Å²) in [4.78, 5) is 25.5. The lowest BCUT2D eigenvalue weighted by atomic mass is 9.75. The zero-order chi connectivity index (χ0) is 18.0. The van der Waals surface area contributed by atoms with E-state index in [2.05, 4.69) is 10.2 Å². The smallest absolute Gasteiger partial charge is 0.293 e. The Morgan fingerprint density at radius 1 is 1.24 bits per heavy atom. The number of piperidine rings is 1. The number of nitro groups is 1. The van der Waals surface area contributed by atoms with E-state index in [0.717, 1.165) is 30.1 Å². The third kappa shape index (κ3) is 4.00. The number of nitrogens with one attached hydrogen (secondary N) is 1. The van der Waals surface area contributed by atoms with Crippen LogP contribution in [0.25, 0.3) is 0 Å². The third-order valence-corrected chi connectivity index (χ3v) is 5.92. The molecule has 3 rings (SSSR count). The molecule has 1 aliphatic heterocycles. The van der Waals surface area contributed by atoms with Gasteiger partial charge in [-0.05, 0) is 56.2 Å². The molecule has 6 nitrogen and oxygen atoms in total. The lowest BCUT2D eigenvalue weighted by molar-refractivity contribution is -0.384. The number of aryl methyl sites for hydroxylation is 1. The van der Waals surface area contributed by atoms with Crippen LogP contribution in [-0.2, 0) is 4.79 Å². The standard InChI is InChI=1S/C19H27N3O3/c1-13-7-8-17(22(24)25)19(14(13)2)20-18(23)12-21-10-9-15-5-3-4-6-16(15)11-21/h7-8,15-16H,3-6,9-12H2,1-2H3,(H,20,23)/t15-,16+/m0/s1. The molecule has 0 unspecified atom stereocenters. The van der Waals surface area contributed by atoms with Crippen LogP contribution in [0.5, 0.6) is 0 Å². The van der Waals surface area contributed by atoms with Gasteiger partial charge in [-0.3, -0.25) is 19.8 Å².